The fraction of sp³-hybridized carbons (Fsp3) is 0.348. The lowest BCUT2D eigenvalue weighted by molar-refractivity contribution is -0.120. The van der Waals surface area contributed by atoms with Gasteiger partial charge in [0.05, 0.1) is 17.5 Å². The third kappa shape index (κ3) is 4.63. The molecule has 1 N–H and O–H groups in total. The molecule has 0 atom stereocenters. The molecule has 0 bridgehead atoms. The minimum absolute atomic E-state index is 0.112. The zero-order chi connectivity index (χ0) is 21.8. The zero-order valence-electron chi connectivity index (χ0n) is 17.8. The Hall–Kier alpha value is -3.55. The van der Waals surface area contributed by atoms with Gasteiger partial charge >= 0.3 is 0 Å². The summed E-state index contributed by atoms with van der Waals surface area (Å²) in [6.45, 7) is 5.12. The highest BCUT2D eigenvalue weighted by Crippen LogP contribution is 2.14. The van der Waals surface area contributed by atoms with Crippen LogP contribution in [-0.4, -0.2) is 36.8 Å². The molecule has 0 aliphatic rings. The molecule has 31 heavy (non-hydrogen) atoms. The molecule has 3 aromatic heterocycles. The molecule has 1 amide bonds. The number of nitrogens with zero attached hydrogens (tertiary/aromatic N) is 5. The maximum absolute atomic E-state index is 12.7. The van der Waals surface area contributed by atoms with E-state index in [4.69, 9.17) is 0 Å². The van der Waals surface area contributed by atoms with Gasteiger partial charge in [-0.1, -0.05) is 38.1 Å². The number of amides is 1. The van der Waals surface area contributed by atoms with E-state index in [1.165, 1.54) is 4.68 Å². The van der Waals surface area contributed by atoms with E-state index in [0.717, 1.165) is 23.3 Å². The van der Waals surface area contributed by atoms with Crippen LogP contribution >= 0.6 is 0 Å². The van der Waals surface area contributed by atoms with Crippen LogP contribution in [0.1, 0.15) is 31.8 Å². The Bertz CT molecular complexity index is 1270. The first kappa shape index (κ1) is 20.7. The number of hydrogen-bond acceptors (Lipinski definition) is 5. The summed E-state index contributed by atoms with van der Waals surface area (Å²) in [4.78, 5) is 25.3. The van der Waals surface area contributed by atoms with E-state index in [-0.39, 0.29) is 23.8 Å². The van der Waals surface area contributed by atoms with E-state index in [9.17, 15) is 9.59 Å². The lowest BCUT2D eigenvalue weighted by Gasteiger charge is -2.12. The van der Waals surface area contributed by atoms with Crippen molar-refractivity contribution in [2.45, 2.75) is 39.7 Å². The molecule has 0 fully saturated rings. The largest absolute Gasteiger partial charge is 0.356 e. The smallest absolute Gasteiger partial charge is 0.274 e. The molecule has 0 aliphatic heterocycles. The number of pyridine rings is 1. The van der Waals surface area contributed by atoms with Crippen molar-refractivity contribution < 1.29 is 4.79 Å². The zero-order valence-corrected chi connectivity index (χ0v) is 17.8. The van der Waals surface area contributed by atoms with Gasteiger partial charge in [0.1, 0.15) is 5.82 Å². The Morgan fingerprint density at radius 2 is 1.84 bits per heavy atom. The Morgan fingerprint density at radius 3 is 2.65 bits per heavy atom. The van der Waals surface area contributed by atoms with Crippen LogP contribution in [0.25, 0.3) is 16.4 Å². The number of benzene rings is 1. The summed E-state index contributed by atoms with van der Waals surface area (Å²) in [6, 6.07) is 13.1. The minimum Gasteiger partial charge on any atom is -0.356 e. The average molecular weight is 419 g/mol. The molecule has 3 heterocycles. The molecule has 0 saturated carbocycles. The minimum atomic E-state index is -0.117. The molecule has 8 heteroatoms. The second-order valence-electron chi connectivity index (χ2n) is 8.05. The van der Waals surface area contributed by atoms with Gasteiger partial charge in [0, 0.05) is 31.1 Å². The van der Waals surface area contributed by atoms with Gasteiger partial charge in [-0.3, -0.25) is 14.0 Å². The third-order valence-corrected chi connectivity index (χ3v) is 5.09. The SMILES string of the molecule is CC(C)Cn1nc(CC(=O)NCCCc2nnc3ccccn23)c2ccccc2c1=O. The molecule has 0 unspecified atom stereocenters. The van der Waals surface area contributed by atoms with Gasteiger partial charge in [0.25, 0.3) is 5.56 Å². The standard InChI is InChI=1S/C23H26N6O2/c1-16(2)15-29-23(31)18-9-4-3-8-17(18)19(27-29)14-22(30)24-12-7-11-21-26-25-20-10-5-6-13-28(20)21/h3-6,8-10,13,16H,7,11-12,14-15H2,1-2H3,(H,24,30). The first-order chi connectivity index (χ1) is 15.0. The van der Waals surface area contributed by atoms with Gasteiger partial charge in [-0.25, -0.2) is 4.68 Å². The van der Waals surface area contributed by atoms with E-state index >= 15 is 0 Å². The molecule has 8 nitrogen and oxygen atoms in total. The number of aryl methyl sites for hydroxylation is 1. The molecule has 4 rings (SSSR count). The van der Waals surface area contributed by atoms with Crippen molar-refractivity contribution in [1.29, 1.82) is 0 Å². The summed E-state index contributed by atoms with van der Waals surface area (Å²) in [6.07, 6.45) is 3.53. The van der Waals surface area contributed by atoms with E-state index in [1.807, 2.05) is 60.8 Å². The molecule has 160 valence electrons. The number of nitrogens with one attached hydrogen (secondary N) is 1. The molecular formula is C23H26N6O2. The topological polar surface area (TPSA) is 94.2 Å². The summed E-state index contributed by atoms with van der Waals surface area (Å²) in [5, 5.41) is 17.1. The van der Waals surface area contributed by atoms with Crippen molar-refractivity contribution >= 4 is 22.3 Å². The molecule has 4 aromatic rings. The van der Waals surface area contributed by atoms with E-state index in [0.29, 0.717) is 30.6 Å². The van der Waals surface area contributed by atoms with Crippen LogP contribution in [0.5, 0.6) is 0 Å². The summed E-state index contributed by atoms with van der Waals surface area (Å²) in [5.74, 6) is 1.04. The van der Waals surface area contributed by atoms with Crippen LogP contribution in [0.4, 0.5) is 0 Å². The number of hydrogen-bond donors (Lipinski definition) is 1. The van der Waals surface area contributed by atoms with Crippen LogP contribution in [0, 0.1) is 5.92 Å². The summed E-state index contributed by atoms with van der Waals surface area (Å²) >= 11 is 0. The molecule has 1 aromatic carbocycles. The lowest BCUT2D eigenvalue weighted by Crippen LogP contribution is -2.30. The second kappa shape index (κ2) is 9.07. The van der Waals surface area contributed by atoms with Gasteiger partial charge in [-0.15, -0.1) is 10.2 Å². The predicted molar refractivity (Wildman–Crippen MR) is 119 cm³/mol. The molecule has 0 saturated heterocycles. The summed E-state index contributed by atoms with van der Waals surface area (Å²) in [7, 11) is 0. The highest BCUT2D eigenvalue weighted by molar-refractivity contribution is 5.88. The van der Waals surface area contributed by atoms with Crippen LogP contribution in [0.15, 0.2) is 53.5 Å². The normalized spacial score (nSPS) is 11.5. The average Bonchev–Trinajstić information content (AvgIpc) is 3.17. The first-order valence-electron chi connectivity index (χ1n) is 10.6. The van der Waals surface area contributed by atoms with Crippen molar-refractivity contribution in [2.24, 2.45) is 5.92 Å². The number of carbonyl (C=O) groups excluding carboxylic acids is 1. The van der Waals surface area contributed by atoms with Gasteiger partial charge in [-0.05, 0) is 30.5 Å². The van der Waals surface area contributed by atoms with E-state index < -0.39 is 0 Å². The fourth-order valence-electron chi connectivity index (χ4n) is 3.66. The predicted octanol–water partition coefficient (Wildman–Crippen LogP) is 2.39. The lowest BCUT2D eigenvalue weighted by atomic mass is 10.1. The Balaban J connectivity index is 1.41. The highest BCUT2D eigenvalue weighted by atomic mass is 16.1. The monoisotopic (exact) mass is 418 g/mol. The van der Waals surface area contributed by atoms with Crippen molar-refractivity contribution in [3.63, 3.8) is 0 Å². The third-order valence-electron chi connectivity index (χ3n) is 5.09. The van der Waals surface area contributed by atoms with Crippen LogP contribution < -0.4 is 10.9 Å². The molecule has 0 radical (unpaired) electrons. The summed E-state index contributed by atoms with van der Waals surface area (Å²) < 4.78 is 3.43. The van der Waals surface area contributed by atoms with E-state index in [2.05, 4.69) is 20.6 Å². The Kier molecular flexibility index (Phi) is 6.06. The molecule has 0 aliphatic carbocycles. The Morgan fingerprint density at radius 1 is 1.06 bits per heavy atom. The van der Waals surface area contributed by atoms with Crippen molar-refractivity contribution in [3.8, 4) is 0 Å². The van der Waals surface area contributed by atoms with Crippen molar-refractivity contribution in [2.75, 3.05) is 6.54 Å². The maximum Gasteiger partial charge on any atom is 0.274 e. The van der Waals surface area contributed by atoms with Gasteiger partial charge in [0.2, 0.25) is 5.91 Å². The number of carbonyl (C=O) groups is 1. The van der Waals surface area contributed by atoms with Gasteiger partial charge in [0.15, 0.2) is 5.65 Å². The fourth-order valence-corrected chi connectivity index (χ4v) is 3.66. The molecule has 0 spiro atoms. The number of rotatable bonds is 8. The summed E-state index contributed by atoms with van der Waals surface area (Å²) in [5.41, 5.74) is 1.32. The highest BCUT2D eigenvalue weighted by Gasteiger charge is 2.14. The van der Waals surface area contributed by atoms with Gasteiger partial charge in [-0.2, -0.15) is 5.10 Å². The number of aromatic nitrogens is 5. The van der Waals surface area contributed by atoms with Crippen LogP contribution in [0.3, 0.4) is 0 Å². The van der Waals surface area contributed by atoms with Crippen molar-refractivity contribution in [3.05, 3.63) is 70.5 Å². The number of fused-ring (bicyclic) bond motifs is 2. The first-order valence-corrected chi connectivity index (χ1v) is 10.6. The van der Waals surface area contributed by atoms with E-state index in [1.54, 1.807) is 6.07 Å². The quantitative estimate of drug-likeness (QED) is 0.444. The van der Waals surface area contributed by atoms with Crippen LogP contribution in [-0.2, 0) is 24.2 Å². The Labute approximate surface area is 179 Å². The van der Waals surface area contributed by atoms with Crippen molar-refractivity contribution in [1.82, 2.24) is 29.7 Å². The van der Waals surface area contributed by atoms with Crippen LogP contribution in [0.2, 0.25) is 0 Å². The van der Waals surface area contributed by atoms with Gasteiger partial charge < -0.3 is 5.32 Å². The maximum atomic E-state index is 12.7. The second-order valence-corrected chi connectivity index (χ2v) is 8.05. The molecular weight excluding hydrogens is 392 g/mol.